The highest BCUT2D eigenvalue weighted by molar-refractivity contribution is 4.93. The molecule has 3 rings (SSSR count). The van der Waals surface area contributed by atoms with Gasteiger partial charge in [0.2, 0.25) is 0 Å². The molecular weight excluding hydrogens is 216 g/mol. The molecule has 0 spiro atoms. The van der Waals surface area contributed by atoms with Gasteiger partial charge in [-0.1, -0.05) is 46.0 Å². The predicted octanol–water partition coefficient (Wildman–Crippen LogP) is 5.67. The Morgan fingerprint density at radius 1 is 0.611 bits per heavy atom. The zero-order valence-electron chi connectivity index (χ0n) is 12.5. The van der Waals surface area contributed by atoms with Gasteiger partial charge in [-0.15, -0.1) is 0 Å². The molecule has 0 nitrogen and oxygen atoms in total. The molecule has 0 saturated heterocycles. The van der Waals surface area contributed by atoms with E-state index in [4.69, 9.17) is 0 Å². The minimum Gasteiger partial charge on any atom is -0.0625 e. The van der Waals surface area contributed by atoms with Gasteiger partial charge in [-0.05, 0) is 67.6 Å². The summed E-state index contributed by atoms with van der Waals surface area (Å²) in [6, 6.07) is 0. The van der Waals surface area contributed by atoms with Crippen LogP contribution in [0.3, 0.4) is 0 Å². The van der Waals surface area contributed by atoms with Gasteiger partial charge in [0.1, 0.15) is 0 Å². The fourth-order valence-electron chi connectivity index (χ4n) is 5.86. The van der Waals surface area contributed by atoms with Crippen molar-refractivity contribution in [2.24, 2.45) is 35.5 Å². The van der Waals surface area contributed by atoms with E-state index < -0.39 is 0 Å². The first-order valence-corrected chi connectivity index (χ1v) is 8.77. The van der Waals surface area contributed by atoms with Crippen LogP contribution in [0, 0.1) is 35.5 Å². The molecule has 0 aromatic heterocycles. The Morgan fingerprint density at radius 3 is 1.94 bits per heavy atom. The molecule has 0 amide bonds. The summed E-state index contributed by atoms with van der Waals surface area (Å²) in [6.07, 6.45) is 15.6. The second-order valence-corrected chi connectivity index (χ2v) is 7.81. The molecule has 3 saturated carbocycles. The van der Waals surface area contributed by atoms with E-state index in [1.165, 1.54) is 25.7 Å². The third-order valence-electron chi connectivity index (χ3n) is 6.67. The van der Waals surface area contributed by atoms with Gasteiger partial charge in [0, 0.05) is 0 Å². The van der Waals surface area contributed by atoms with E-state index in [0.717, 1.165) is 35.5 Å². The van der Waals surface area contributed by atoms with Crippen LogP contribution in [0.4, 0.5) is 0 Å². The van der Waals surface area contributed by atoms with Crippen LogP contribution in [0.25, 0.3) is 0 Å². The van der Waals surface area contributed by atoms with Crippen molar-refractivity contribution in [2.45, 2.75) is 78.1 Å². The average Bonchev–Trinajstić information content (AvgIpc) is 2.56. The Hall–Kier alpha value is 0. The summed E-state index contributed by atoms with van der Waals surface area (Å²) in [6.45, 7) is 4.98. The molecule has 3 fully saturated rings. The van der Waals surface area contributed by atoms with E-state index in [1.54, 1.807) is 38.5 Å². The summed E-state index contributed by atoms with van der Waals surface area (Å²) in [7, 11) is 0. The van der Waals surface area contributed by atoms with Gasteiger partial charge in [-0.2, -0.15) is 0 Å². The van der Waals surface area contributed by atoms with Crippen molar-refractivity contribution in [1.29, 1.82) is 0 Å². The van der Waals surface area contributed by atoms with Crippen molar-refractivity contribution in [3.63, 3.8) is 0 Å². The van der Waals surface area contributed by atoms with E-state index in [2.05, 4.69) is 13.8 Å². The van der Waals surface area contributed by atoms with Gasteiger partial charge < -0.3 is 0 Å². The first-order valence-electron chi connectivity index (χ1n) is 8.77. The summed E-state index contributed by atoms with van der Waals surface area (Å²) in [4.78, 5) is 0. The first kappa shape index (κ1) is 13.0. The summed E-state index contributed by atoms with van der Waals surface area (Å²) < 4.78 is 0. The van der Waals surface area contributed by atoms with Crippen LogP contribution in [0.5, 0.6) is 0 Å². The molecule has 3 aliphatic rings. The van der Waals surface area contributed by atoms with Crippen molar-refractivity contribution in [3.8, 4) is 0 Å². The monoisotopic (exact) mass is 248 g/mol. The molecule has 0 N–H and O–H groups in total. The molecule has 0 heteroatoms. The van der Waals surface area contributed by atoms with Gasteiger partial charge in [-0.25, -0.2) is 0 Å². The molecule has 0 aromatic rings. The Morgan fingerprint density at radius 2 is 1.22 bits per heavy atom. The summed E-state index contributed by atoms with van der Waals surface area (Å²) in [5.74, 6) is 6.46. The van der Waals surface area contributed by atoms with Crippen molar-refractivity contribution in [2.75, 3.05) is 0 Å². The molecule has 0 radical (unpaired) electrons. The summed E-state index contributed by atoms with van der Waals surface area (Å²) >= 11 is 0. The Labute approximate surface area is 114 Å². The minimum absolute atomic E-state index is 0.927. The fourth-order valence-corrected chi connectivity index (χ4v) is 5.86. The maximum absolute atomic E-state index is 2.49. The summed E-state index contributed by atoms with van der Waals surface area (Å²) in [5, 5.41) is 0. The van der Waals surface area contributed by atoms with Crippen LogP contribution in [-0.4, -0.2) is 0 Å². The van der Waals surface area contributed by atoms with Gasteiger partial charge in [-0.3, -0.25) is 0 Å². The zero-order valence-corrected chi connectivity index (χ0v) is 12.5. The van der Waals surface area contributed by atoms with Crippen LogP contribution >= 0.6 is 0 Å². The minimum atomic E-state index is 0.927. The lowest BCUT2D eigenvalue weighted by molar-refractivity contribution is 0.0663. The van der Waals surface area contributed by atoms with E-state index in [-0.39, 0.29) is 0 Å². The smallest absolute Gasteiger partial charge is 0.0352 e. The van der Waals surface area contributed by atoms with Crippen molar-refractivity contribution in [1.82, 2.24) is 0 Å². The van der Waals surface area contributed by atoms with E-state index in [0.29, 0.717) is 0 Å². The van der Waals surface area contributed by atoms with Gasteiger partial charge in [0.25, 0.3) is 0 Å². The highest BCUT2D eigenvalue weighted by Crippen LogP contribution is 2.52. The molecule has 0 aromatic carbocycles. The van der Waals surface area contributed by atoms with E-state index in [1.807, 2.05) is 0 Å². The molecule has 0 aliphatic heterocycles. The normalized spacial score (nSPS) is 45.2. The SMILES string of the molecule is CC(C)C1CCC2CCCCC2C2CCCCC12. The standard InChI is InChI=1S/C18H32/c1-13(2)15-12-11-14-7-3-4-8-16(14)18-10-6-5-9-17(15)18/h13-18H,3-12H2,1-2H3. The summed E-state index contributed by atoms with van der Waals surface area (Å²) in [5.41, 5.74) is 0. The van der Waals surface area contributed by atoms with Crippen LogP contribution < -0.4 is 0 Å². The highest BCUT2D eigenvalue weighted by Gasteiger charge is 2.43. The van der Waals surface area contributed by atoms with Crippen molar-refractivity contribution >= 4 is 0 Å². The lowest BCUT2D eigenvalue weighted by Gasteiger charge is -2.43. The number of fused-ring (bicyclic) bond motifs is 3. The molecule has 18 heavy (non-hydrogen) atoms. The van der Waals surface area contributed by atoms with E-state index >= 15 is 0 Å². The first-order chi connectivity index (χ1) is 8.77. The lowest BCUT2D eigenvalue weighted by Crippen LogP contribution is -2.35. The van der Waals surface area contributed by atoms with Crippen molar-refractivity contribution in [3.05, 3.63) is 0 Å². The zero-order chi connectivity index (χ0) is 12.5. The van der Waals surface area contributed by atoms with Crippen LogP contribution in [0.1, 0.15) is 78.1 Å². The topological polar surface area (TPSA) is 0 Å². The average molecular weight is 248 g/mol. The molecule has 3 aliphatic carbocycles. The van der Waals surface area contributed by atoms with E-state index in [9.17, 15) is 0 Å². The maximum atomic E-state index is 2.49. The van der Waals surface area contributed by atoms with Crippen LogP contribution in [-0.2, 0) is 0 Å². The lowest BCUT2D eigenvalue weighted by atomic mass is 9.62. The molecule has 0 heterocycles. The van der Waals surface area contributed by atoms with Gasteiger partial charge in [0.05, 0.1) is 0 Å². The molecule has 0 bridgehead atoms. The largest absolute Gasteiger partial charge is 0.0625 e. The highest BCUT2D eigenvalue weighted by atomic mass is 14.5. The molecular formula is C18H32. The molecule has 5 atom stereocenters. The van der Waals surface area contributed by atoms with Crippen molar-refractivity contribution < 1.29 is 0 Å². The molecule has 5 unspecified atom stereocenters. The number of rotatable bonds is 1. The Bertz CT molecular complexity index is 267. The van der Waals surface area contributed by atoms with Crippen LogP contribution in [0.15, 0.2) is 0 Å². The third-order valence-corrected chi connectivity index (χ3v) is 6.67. The second kappa shape index (κ2) is 5.55. The Kier molecular flexibility index (Phi) is 4.01. The maximum Gasteiger partial charge on any atom is -0.0352 e. The fraction of sp³-hybridized carbons (Fsp3) is 1.00. The second-order valence-electron chi connectivity index (χ2n) is 7.81. The Balaban J connectivity index is 1.83. The number of hydrogen-bond acceptors (Lipinski definition) is 0. The third kappa shape index (κ3) is 2.37. The van der Waals surface area contributed by atoms with Gasteiger partial charge in [0.15, 0.2) is 0 Å². The van der Waals surface area contributed by atoms with Crippen LogP contribution in [0.2, 0.25) is 0 Å². The quantitative estimate of drug-likeness (QED) is 0.561. The van der Waals surface area contributed by atoms with Gasteiger partial charge >= 0.3 is 0 Å². The number of hydrogen-bond donors (Lipinski definition) is 0. The predicted molar refractivity (Wildman–Crippen MR) is 78.5 cm³/mol. The molecule has 104 valence electrons.